The number of nitrogens with zero attached hydrogens (tertiary/aromatic N) is 1. The Kier molecular flexibility index (Phi) is 8.67. The lowest BCUT2D eigenvalue weighted by Crippen LogP contribution is -2.31. The first-order valence-electron chi connectivity index (χ1n) is 8.70. The Balaban J connectivity index is 3.09. The Morgan fingerprint density at radius 3 is 2.12 bits per heavy atom. The molecule has 6 nitrogen and oxygen atoms in total. The Morgan fingerprint density at radius 1 is 0.920 bits per heavy atom. The van der Waals surface area contributed by atoms with Crippen LogP contribution in [0.2, 0.25) is 0 Å². The van der Waals surface area contributed by atoms with Crippen molar-refractivity contribution in [1.82, 2.24) is 0 Å². The van der Waals surface area contributed by atoms with Gasteiger partial charge in [0, 0.05) is 38.6 Å². The molecule has 1 rings (SSSR count). The number of esters is 2. The first-order valence-corrected chi connectivity index (χ1v) is 8.70. The predicted molar refractivity (Wildman–Crippen MR) is 95.8 cm³/mol. The second-order valence-electron chi connectivity index (χ2n) is 5.78. The van der Waals surface area contributed by atoms with Crippen molar-refractivity contribution in [3.63, 3.8) is 0 Å². The molecule has 0 saturated heterocycles. The summed E-state index contributed by atoms with van der Waals surface area (Å²) >= 11 is 0. The van der Waals surface area contributed by atoms with E-state index in [1.807, 2.05) is 6.92 Å². The number of carbonyl (C=O) groups is 3. The Labute approximate surface area is 149 Å². The molecular formula is C19H27NO5. The van der Waals surface area contributed by atoms with Gasteiger partial charge in [-0.25, -0.2) is 0 Å². The van der Waals surface area contributed by atoms with Gasteiger partial charge in [-0.3, -0.25) is 14.4 Å². The monoisotopic (exact) mass is 349 g/mol. The van der Waals surface area contributed by atoms with Crippen LogP contribution in [0.1, 0.15) is 59.8 Å². The van der Waals surface area contributed by atoms with E-state index in [0.29, 0.717) is 18.7 Å². The molecule has 138 valence electrons. The Morgan fingerprint density at radius 2 is 1.56 bits per heavy atom. The van der Waals surface area contributed by atoms with Gasteiger partial charge in [0.2, 0.25) is 5.91 Å². The molecule has 0 heterocycles. The van der Waals surface area contributed by atoms with E-state index < -0.39 is 11.9 Å². The molecule has 0 atom stereocenters. The van der Waals surface area contributed by atoms with Crippen molar-refractivity contribution in [1.29, 1.82) is 0 Å². The number of hydrogen-bond acceptors (Lipinski definition) is 5. The van der Waals surface area contributed by atoms with Crippen molar-refractivity contribution in [2.75, 3.05) is 11.4 Å². The highest BCUT2D eigenvalue weighted by atomic mass is 16.6. The van der Waals surface area contributed by atoms with Gasteiger partial charge in [0.1, 0.15) is 0 Å². The van der Waals surface area contributed by atoms with Crippen molar-refractivity contribution in [2.45, 2.75) is 59.8 Å². The summed E-state index contributed by atoms with van der Waals surface area (Å²) in [5.41, 5.74) is 0.621. The molecule has 6 heteroatoms. The third kappa shape index (κ3) is 6.95. The Hall–Kier alpha value is -2.37. The van der Waals surface area contributed by atoms with E-state index >= 15 is 0 Å². The zero-order valence-corrected chi connectivity index (χ0v) is 15.5. The van der Waals surface area contributed by atoms with Crippen molar-refractivity contribution >= 4 is 23.5 Å². The molecule has 0 aromatic heterocycles. The van der Waals surface area contributed by atoms with E-state index in [-0.39, 0.29) is 17.4 Å². The Bertz CT molecular complexity index is 612. The van der Waals surface area contributed by atoms with Gasteiger partial charge in [-0.15, -0.1) is 0 Å². The van der Waals surface area contributed by atoms with E-state index in [9.17, 15) is 14.4 Å². The molecular weight excluding hydrogens is 322 g/mol. The highest BCUT2D eigenvalue weighted by Gasteiger charge is 2.18. The van der Waals surface area contributed by atoms with Crippen LogP contribution in [0.3, 0.4) is 0 Å². The first-order chi connectivity index (χ1) is 11.9. The fourth-order valence-corrected chi connectivity index (χ4v) is 2.42. The smallest absolute Gasteiger partial charge is 0.308 e. The second-order valence-corrected chi connectivity index (χ2v) is 5.78. The van der Waals surface area contributed by atoms with Crippen molar-refractivity contribution < 1.29 is 23.9 Å². The van der Waals surface area contributed by atoms with E-state index in [1.165, 1.54) is 19.9 Å². The lowest BCUT2D eigenvalue weighted by atomic mass is 10.1. The van der Waals surface area contributed by atoms with Gasteiger partial charge >= 0.3 is 11.9 Å². The van der Waals surface area contributed by atoms with Gasteiger partial charge in [-0.1, -0.05) is 33.1 Å². The topological polar surface area (TPSA) is 72.9 Å². The van der Waals surface area contributed by atoms with Gasteiger partial charge in [0.05, 0.1) is 0 Å². The number of unbranched alkanes of at least 4 members (excludes halogenated alkanes) is 3. The average Bonchev–Trinajstić information content (AvgIpc) is 2.55. The normalized spacial score (nSPS) is 10.2. The van der Waals surface area contributed by atoms with Crippen molar-refractivity contribution in [3.8, 4) is 11.5 Å². The minimum absolute atomic E-state index is 0.00879. The molecule has 0 bridgehead atoms. The summed E-state index contributed by atoms with van der Waals surface area (Å²) in [5, 5.41) is 0. The predicted octanol–water partition coefficient (Wildman–Crippen LogP) is 3.86. The molecule has 1 aromatic carbocycles. The van der Waals surface area contributed by atoms with Crippen LogP contribution in [0.25, 0.3) is 0 Å². The number of rotatable bonds is 9. The summed E-state index contributed by atoms with van der Waals surface area (Å²) in [4.78, 5) is 36.5. The molecule has 0 spiro atoms. The van der Waals surface area contributed by atoms with Gasteiger partial charge in [0.15, 0.2) is 11.5 Å². The number of amides is 1. The van der Waals surface area contributed by atoms with Crippen LogP contribution >= 0.6 is 0 Å². The quantitative estimate of drug-likeness (QED) is 0.384. The molecule has 0 unspecified atom stereocenters. The average molecular weight is 349 g/mol. The minimum Gasteiger partial charge on any atom is -0.423 e. The fourth-order valence-electron chi connectivity index (χ4n) is 2.42. The molecule has 0 aliphatic heterocycles. The van der Waals surface area contributed by atoms with Crippen molar-refractivity contribution in [2.24, 2.45) is 0 Å². The third-order valence-corrected chi connectivity index (χ3v) is 3.59. The standard InChI is InChI=1S/C19H27NO5/c1-5-7-8-9-12-20(19(23)6-2)16-10-11-17(24-14(3)21)18(13-16)25-15(4)22/h10-11,13H,5-9,12H2,1-4H3. The lowest BCUT2D eigenvalue weighted by Gasteiger charge is -2.23. The zero-order valence-electron chi connectivity index (χ0n) is 15.5. The highest BCUT2D eigenvalue weighted by Crippen LogP contribution is 2.33. The van der Waals surface area contributed by atoms with Gasteiger partial charge < -0.3 is 14.4 Å². The summed E-state index contributed by atoms with van der Waals surface area (Å²) in [7, 11) is 0. The summed E-state index contributed by atoms with van der Waals surface area (Å²) in [5.74, 6) is -0.765. The number of carbonyl (C=O) groups excluding carboxylic acids is 3. The van der Waals surface area contributed by atoms with Crippen LogP contribution in [-0.4, -0.2) is 24.4 Å². The lowest BCUT2D eigenvalue weighted by molar-refractivity contribution is -0.134. The molecule has 0 fully saturated rings. The van der Waals surface area contributed by atoms with Crippen LogP contribution in [0.15, 0.2) is 18.2 Å². The van der Waals surface area contributed by atoms with Gasteiger partial charge in [0.25, 0.3) is 0 Å². The molecule has 0 N–H and O–H groups in total. The molecule has 25 heavy (non-hydrogen) atoms. The summed E-state index contributed by atoms with van der Waals surface area (Å²) in [6.07, 6.45) is 4.57. The van der Waals surface area contributed by atoms with Crippen molar-refractivity contribution in [3.05, 3.63) is 18.2 Å². The maximum Gasteiger partial charge on any atom is 0.308 e. The summed E-state index contributed by atoms with van der Waals surface area (Å²) in [6, 6.07) is 4.79. The second kappa shape index (κ2) is 10.5. The number of ether oxygens (including phenoxy) is 2. The highest BCUT2D eigenvalue weighted by molar-refractivity contribution is 5.93. The van der Waals surface area contributed by atoms with E-state index in [2.05, 4.69) is 6.92 Å². The first kappa shape index (κ1) is 20.7. The molecule has 1 aromatic rings. The number of anilines is 1. The van der Waals surface area contributed by atoms with Crippen LogP contribution in [-0.2, 0) is 14.4 Å². The van der Waals surface area contributed by atoms with Gasteiger partial charge in [-0.2, -0.15) is 0 Å². The van der Waals surface area contributed by atoms with E-state index in [4.69, 9.17) is 9.47 Å². The summed E-state index contributed by atoms with van der Waals surface area (Å²) in [6.45, 7) is 7.07. The maximum atomic E-state index is 12.3. The van der Waals surface area contributed by atoms with Crippen LogP contribution in [0.4, 0.5) is 5.69 Å². The molecule has 1 amide bonds. The molecule has 0 saturated carbocycles. The maximum absolute atomic E-state index is 12.3. The molecule has 0 aliphatic rings. The van der Waals surface area contributed by atoms with Crippen LogP contribution < -0.4 is 14.4 Å². The SMILES string of the molecule is CCCCCCN(C(=O)CC)c1ccc(OC(C)=O)c(OC(C)=O)c1. The van der Waals surface area contributed by atoms with Crippen LogP contribution in [0.5, 0.6) is 11.5 Å². The molecule has 0 radical (unpaired) electrons. The van der Waals surface area contributed by atoms with Gasteiger partial charge in [-0.05, 0) is 18.6 Å². The fraction of sp³-hybridized carbons (Fsp3) is 0.526. The number of hydrogen-bond donors (Lipinski definition) is 0. The largest absolute Gasteiger partial charge is 0.423 e. The number of benzene rings is 1. The summed E-state index contributed by atoms with van der Waals surface area (Å²) < 4.78 is 10.2. The third-order valence-electron chi connectivity index (χ3n) is 3.59. The zero-order chi connectivity index (χ0) is 18.8. The van der Waals surface area contributed by atoms with Crippen LogP contribution in [0, 0.1) is 0 Å². The minimum atomic E-state index is -0.526. The van der Waals surface area contributed by atoms with E-state index in [0.717, 1.165) is 25.7 Å². The molecule has 0 aliphatic carbocycles. The van der Waals surface area contributed by atoms with E-state index in [1.54, 1.807) is 17.0 Å².